The maximum Gasteiger partial charge on any atom is 0.163 e. The Morgan fingerprint density at radius 2 is 1.75 bits per heavy atom. The Morgan fingerprint density at radius 1 is 1.25 bits per heavy atom. The molecule has 2 aliphatic rings. The highest BCUT2D eigenvalue weighted by Crippen LogP contribution is 2.32. The molecule has 0 unspecified atom stereocenters. The van der Waals surface area contributed by atoms with Crippen LogP contribution in [-0.4, -0.2) is 42.5 Å². The van der Waals surface area contributed by atoms with E-state index in [0.29, 0.717) is 12.2 Å². The van der Waals surface area contributed by atoms with E-state index < -0.39 is 0 Å². The predicted molar refractivity (Wildman–Crippen MR) is 45.9 cm³/mol. The summed E-state index contributed by atoms with van der Waals surface area (Å²) >= 11 is 0. The number of nitrogens with zero attached hydrogens (tertiary/aromatic N) is 1. The van der Waals surface area contributed by atoms with Crippen LogP contribution in [0.25, 0.3) is 0 Å². The Balaban J connectivity index is 1.97. The van der Waals surface area contributed by atoms with Crippen LogP contribution in [0.1, 0.15) is 20.8 Å². The molecule has 0 N–H and O–H groups in total. The molecule has 3 heteroatoms. The lowest BCUT2D eigenvalue weighted by Crippen LogP contribution is -2.29. The number of hydrogen-bond acceptors (Lipinski definition) is 3. The summed E-state index contributed by atoms with van der Waals surface area (Å²) in [5.41, 5.74) is 0. The third kappa shape index (κ3) is 1.37. The summed E-state index contributed by atoms with van der Waals surface area (Å²) in [6, 6.07) is 0. The van der Waals surface area contributed by atoms with Crippen LogP contribution in [0.2, 0.25) is 0 Å². The molecule has 2 aliphatic heterocycles. The molecule has 12 heavy (non-hydrogen) atoms. The SMILES string of the molecule is CCN1C[C@@H]2OC(C)(C)O[C@@H]2C1. The maximum atomic E-state index is 5.74. The Hall–Kier alpha value is -0.120. The highest BCUT2D eigenvalue weighted by atomic mass is 16.8. The summed E-state index contributed by atoms with van der Waals surface area (Å²) in [7, 11) is 0. The summed E-state index contributed by atoms with van der Waals surface area (Å²) < 4.78 is 11.5. The Kier molecular flexibility index (Phi) is 1.90. The smallest absolute Gasteiger partial charge is 0.163 e. The zero-order chi connectivity index (χ0) is 8.77. The summed E-state index contributed by atoms with van der Waals surface area (Å²) in [5, 5.41) is 0. The average molecular weight is 171 g/mol. The summed E-state index contributed by atoms with van der Waals surface area (Å²) in [5.74, 6) is -0.352. The van der Waals surface area contributed by atoms with Gasteiger partial charge in [-0.15, -0.1) is 0 Å². The number of likely N-dealkylation sites (N-methyl/N-ethyl adjacent to an activating group) is 1. The lowest BCUT2D eigenvalue weighted by molar-refractivity contribution is -0.155. The van der Waals surface area contributed by atoms with E-state index in [4.69, 9.17) is 9.47 Å². The highest BCUT2D eigenvalue weighted by Gasteiger charge is 2.46. The standard InChI is InChI=1S/C9H17NO2/c1-4-10-5-7-8(6-10)12-9(2,3)11-7/h7-8H,4-6H2,1-3H3/t7-,8+. The third-order valence-corrected chi connectivity index (χ3v) is 2.61. The second kappa shape index (κ2) is 2.69. The van der Waals surface area contributed by atoms with Crippen molar-refractivity contribution in [1.82, 2.24) is 4.90 Å². The minimum Gasteiger partial charge on any atom is -0.343 e. The quantitative estimate of drug-likeness (QED) is 0.583. The molecule has 0 radical (unpaired) electrons. The van der Waals surface area contributed by atoms with Crippen molar-refractivity contribution >= 4 is 0 Å². The molecule has 0 aromatic carbocycles. The molecule has 2 saturated heterocycles. The van der Waals surface area contributed by atoms with E-state index in [1.807, 2.05) is 13.8 Å². The van der Waals surface area contributed by atoms with E-state index in [0.717, 1.165) is 19.6 Å². The van der Waals surface area contributed by atoms with Crippen LogP contribution < -0.4 is 0 Å². The number of hydrogen-bond donors (Lipinski definition) is 0. The fourth-order valence-electron chi connectivity index (χ4n) is 2.06. The monoisotopic (exact) mass is 171 g/mol. The van der Waals surface area contributed by atoms with Gasteiger partial charge in [-0.3, -0.25) is 4.90 Å². The molecule has 2 heterocycles. The van der Waals surface area contributed by atoms with Gasteiger partial charge in [-0.25, -0.2) is 0 Å². The van der Waals surface area contributed by atoms with Gasteiger partial charge in [-0.05, 0) is 20.4 Å². The molecular formula is C9H17NO2. The Labute approximate surface area is 73.6 Å². The Morgan fingerprint density at radius 3 is 2.17 bits per heavy atom. The molecule has 70 valence electrons. The van der Waals surface area contributed by atoms with Crippen LogP contribution in [-0.2, 0) is 9.47 Å². The number of likely N-dealkylation sites (tertiary alicyclic amines) is 1. The molecule has 2 atom stereocenters. The first-order chi connectivity index (χ1) is 5.61. The van der Waals surface area contributed by atoms with Crippen LogP contribution >= 0.6 is 0 Å². The lowest BCUT2D eigenvalue weighted by Gasteiger charge is -2.21. The van der Waals surface area contributed by atoms with Gasteiger partial charge in [-0.2, -0.15) is 0 Å². The van der Waals surface area contributed by atoms with Gasteiger partial charge in [0.25, 0.3) is 0 Å². The molecule has 0 amide bonds. The van der Waals surface area contributed by atoms with Crippen LogP contribution in [0.4, 0.5) is 0 Å². The molecule has 0 saturated carbocycles. The van der Waals surface area contributed by atoms with Gasteiger partial charge in [0.15, 0.2) is 5.79 Å². The van der Waals surface area contributed by atoms with Crippen LogP contribution in [0, 0.1) is 0 Å². The van der Waals surface area contributed by atoms with Crippen molar-refractivity contribution in [3.63, 3.8) is 0 Å². The zero-order valence-electron chi connectivity index (χ0n) is 8.04. The van der Waals surface area contributed by atoms with Gasteiger partial charge in [-0.1, -0.05) is 6.92 Å². The zero-order valence-corrected chi connectivity index (χ0v) is 8.04. The van der Waals surface area contributed by atoms with E-state index >= 15 is 0 Å². The van der Waals surface area contributed by atoms with E-state index in [1.165, 1.54) is 0 Å². The normalized spacial score (nSPS) is 40.2. The molecule has 0 bridgehead atoms. The maximum absolute atomic E-state index is 5.74. The lowest BCUT2D eigenvalue weighted by atomic mass is 10.3. The third-order valence-electron chi connectivity index (χ3n) is 2.61. The second-order valence-electron chi connectivity index (χ2n) is 4.06. The number of ether oxygens (including phenoxy) is 2. The molecule has 3 nitrogen and oxygen atoms in total. The van der Waals surface area contributed by atoms with E-state index in [-0.39, 0.29) is 5.79 Å². The van der Waals surface area contributed by atoms with E-state index in [1.54, 1.807) is 0 Å². The minimum atomic E-state index is -0.352. The molecule has 0 aromatic rings. The van der Waals surface area contributed by atoms with Crippen molar-refractivity contribution in [2.45, 2.75) is 38.8 Å². The minimum absolute atomic E-state index is 0.306. The summed E-state index contributed by atoms with van der Waals surface area (Å²) in [4.78, 5) is 2.37. The fourth-order valence-corrected chi connectivity index (χ4v) is 2.06. The molecule has 0 spiro atoms. The first kappa shape index (κ1) is 8.48. The van der Waals surface area contributed by atoms with Gasteiger partial charge >= 0.3 is 0 Å². The molecular weight excluding hydrogens is 154 g/mol. The van der Waals surface area contributed by atoms with Gasteiger partial charge in [0.2, 0.25) is 0 Å². The molecule has 2 fully saturated rings. The molecule has 0 aliphatic carbocycles. The largest absolute Gasteiger partial charge is 0.343 e. The van der Waals surface area contributed by atoms with Crippen LogP contribution in [0.3, 0.4) is 0 Å². The van der Waals surface area contributed by atoms with Crippen molar-refractivity contribution in [2.75, 3.05) is 19.6 Å². The first-order valence-electron chi connectivity index (χ1n) is 4.69. The van der Waals surface area contributed by atoms with E-state index in [9.17, 15) is 0 Å². The van der Waals surface area contributed by atoms with Crippen molar-refractivity contribution in [2.24, 2.45) is 0 Å². The summed E-state index contributed by atoms with van der Waals surface area (Å²) in [6.45, 7) is 9.31. The van der Waals surface area contributed by atoms with Crippen LogP contribution in [0.5, 0.6) is 0 Å². The second-order valence-corrected chi connectivity index (χ2v) is 4.06. The topological polar surface area (TPSA) is 21.7 Å². The fraction of sp³-hybridized carbons (Fsp3) is 1.00. The van der Waals surface area contributed by atoms with Crippen molar-refractivity contribution in [3.8, 4) is 0 Å². The van der Waals surface area contributed by atoms with Crippen LogP contribution in [0.15, 0.2) is 0 Å². The Bertz CT molecular complexity index is 165. The molecule has 0 aromatic heterocycles. The highest BCUT2D eigenvalue weighted by molar-refractivity contribution is 4.91. The molecule has 2 rings (SSSR count). The van der Waals surface area contributed by atoms with Crippen molar-refractivity contribution < 1.29 is 9.47 Å². The van der Waals surface area contributed by atoms with Gasteiger partial charge < -0.3 is 9.47 Å². The summed E-state index contributed by atoms with van der Waals surface area (Å²) in [6.07, 6.45) is 0.611. The number of rotatable bonds is 1. The van der Waals surface area contributed by atoms with Gasteiger partial charge in [0, 0.05) is 13.1 Å². The average Bonchev–Trinajstić information content (AvgIpc) is 2.40. The number of fused-ring (bicyclic) bond motifs is 1. The van der Waals surface area contributed by atoms with Gasteiger partial charge in [0.05, 0.1) is 0 Å². The predicted octanol–water partition coefficient (Wildman–Crippen LogP) is 0.842. The van der Waals surface area contributed by atoms with Crippen molar-refractivity contribution in [1.29, 1.82) is 0 Å². The van der Waals surface area contributed by atoms with Gasteiger partial charge in [0.1, 0.15) is 12.2 Å². The first-order valence-corrected chi connectivity index (χ1v) is 4.69. The van der Waals surface area contributed by atoms with E-state index in [2.05, 4.69) is 11.8 Å². The van der Waals surface area contributed by atoms with Crippen molar-refractivity contribution in [3.05, 3.63) is 0 Å².